The van der Waals surface area contributed by atoms with Crippen molar-refractivity contribution in [3.05, 3.63) is 111 Å². The largest absolute Gasteiger partial charge is 0.507 e. The van der Waals surface area contributed by atoms with Crippen molar-refractivity contribution in [1.29, 1.82) is 0 Å². The van der Waals surface area contributed by atoms with Gasteiger partial charge in [0, 0.05) is 30.3 Å². The van der Waals surface area contributed by atoms with Crippen LogP contribution >= 0.6 is 0 Å². The van der Waals surface area contributed by atoms with Gasteiger partial charge in [-0.25, -0.2) is 9.78 Å². The maximum Gasteiger partial charge on any atom is 0.343 e. The molecule has 9 heteroatoms. The summed E-state index contributed by atoms with van der Waals surface area (Å²) in [4.78, 5) is 17.0. The van der Waals surface area contributed by atoms with E-state index in [9.17, 15) is 23.4 Å². The van der Waals surface area contributed by atoms with Gasteiger partial charge in [0.25, 0.3) is 10.0 Å². The Hall–Kier alpha value is -4.11. The number of rotatable bonds is 10. The second kappa shape index (κ2) is 10.9. The highest BCUT2D eigenvalue weighted by molar-refractivity contribution is 7.92. The van der Waals surface area contributed by atoms with Crippen LogP contribution < -0.4 is 10.3 Å². The first-order valence-electron chi connectivity index (χ1n) is 13.0. The fraction of sp³-hybridized carbons (Fsp3) is 0.267. The highest BCUT2D eigenvalue weighted by Gasteiger charge is 2.37. The minimum Gasteiger partial charge on any atom is -0.507 e. The quantitative estimate of drug-likeness (QED) is 0.251. The molecule has 1 aliphatic carbocycles. The van der Waals surface area contributed by atoms with E-state index in [1.807, 2.05) is 12.1 Å². The first-order chi connectivity index (χ1) is 18.8. The van der Waals surface area contributed by atoms with Crippen molar-refractivity contribution in [2.45, 2.75) is 50.0 Å². The molecule has 0 spiro atoms. The Morgan fingerprint density at radius 2 is 1.74 bits per heavy atom. The van der Waals surface area contributed by atoms with E-state index >= 15 is 0 Å². The molecule has 0 bridgehead atoms. The van der Waals surface area contributed by atoms with Crippen LogP contribution in [0.5, 0.6) is 11.5 Å². The second-order valence-electron chi connectivity index (χ2n) is 9.80. The van der Waals surface area contributed by atoms with Gasteiger partial charge in [0.1, 0.15) is 11.5 Å². The third kappa shape index (κ3) is 5.83. The zero-order valence-corrected chi connectivity index (χ0v) is 22.3. The normalized spacial score (nSPS) is 14.2. The summed E-state index contributed by atoms with van der Waals surface area (Å²) in [6.07, 6.45) is 5.10. The molecule has 1 fully saturated rings. The molecule has 0 radical (unpaired) electrons. The molecule has 1 aliphatic rings. The third-order valence-electron chi connectivity index (χ3n) is 7.07. The van der Waals surface area contributed by atoms with Crippen molar-refractivity contribution in [3.63, 3.8) is 0 Å². The number of hydrogen-bond donors (Lipinski definition) is 3. The van der Waals surface area contributed by atoms with Crippen LogP contribution in [0.15, 0.2) is 87.2 Å². The lowest BCUT2D eigenvalue weighted by Crippen LogP contribution is -2.18. The molecule has 0 amide bonds. The summed E-state index contributed by atoms with van der Waals surface area (Å²) < 4.78 is 33.8. The number of anilines is 1. The molecule has 1 atom stereocenters. The van der Waals surface area contributed by atoms with Gasteiger partial charge in [0.05, 0.1) is 5.56 Å². The van der Waals surface area contributed by atoms with Gasteiger partial charge in [-0.2, -0.15) is 8.42 Å². The molecule has 202 valence electrons. The first kappa shape index (κ1) is 26.5. The van der Waals surface area contributed by atoms with Crippen LogP contribution in [-0.2, 0) is 29.3 Å². The van der Waals surface area contributed by atoms with Gasteiger partial charge < -0.3 is 14.6 Å². The van der Waals surface area contributed by atoms with Crippen molar-refractivity contribution >= 4 is 15.7 Å². The Labute approximate surface area is 227 Å². The van der Waals surface area contributed by atoms with E-state index < -0.39 is 32.3 Å². The molecule has 1 unspecified atom stereocenters. The van der Waals surface area contributed by atoms with E-state index in [-0.39, 0.29) is 22.9 Å². The van der Waals surface area contributed by atoms with Gasteiger partial charge in [-0.05, 0) is 72.6 Å². The number of sulfonamides is 1. The van der Waals surface area contributed by atoms with Crippen LogP contribution in [0.25, 0.3) is 0 Å². The van der Waals surface area contributed by atoms with E-state index in [1.54, 1.807) is 24.3 Å². The predicted molar refractivity (Wildman–Crippen MR) is 148 cm³/mol. The van der Waals surface area contributed by atoms with E-state index in [1.165, 1.54) is 35.5 Å². The Kier molecular flexibility index (Phi) is 7.43. The molecule has 8 nitrogen and oxygen atoms in total. The molecule has 0 saturated heterocycles. The molecular formula is C30H30N2O6S. The van der Waals surface area contributed by atoms with E-state index in [4.69, 9.17) is 4.42 Å². The zero-order valence-electron chi connectivity index (χ0n) is 21.5. The van der Waals surface area contributed by atoms with Gasteiger partial charge in [-0.3, -0.25) is 4.72 Å². The summed E-state index contributed by atoms with van der Waals surface area (Å²) in [5.41, 5.74) is 2.93. The van der Waals surface area contributed by atoms with Gasteiger partial charge in [-0.15, -0.1) is 0 Å². The van der Waals surface area contributed by atoms with E-state index in [2.05, 4.69) is 28.8 Å². The molecule has 1 saturated carbocycles. The lowest BCUT2D eigenvalue weighted by atomic mass is 9.87. The summed E-state index contributed by atoms with van der Waals surface area (Å²) in [5.74, 6) is -0.501. The van der Waals surface area contributed by atoms with Crippen LogP contribution in [0.2, 0.25) is 0 Å². The van der Waals surface area contributed by atoms with Crippen LogP contribution in [0, 0.1) is 5.92 Å². The van der Waals surface area contributed by atoms with Crippen LogP contribution in [0.3, 0.4) is 0 Å². The number of nitrogens with one attached hydrogen (secondary N) is 1. The van der Waals surface area contributed by atoms with Crippen molar-refractivity contribution in [3.8, 4) is 11.5 Å². The van der Waals surface area contributed by atoms with Crippen molar-refractivity contribution in [1.82, 2.24) is 4.98 Å². The SMILES string of the molecule is CCc1ccccc1CCc1cc(O)c(C(c2cccc(NS(=O)(=O)c3ncccc3O)c2)C2CC2)c(=O)o1. The number of hydrogen-bond acceptors (Lipinski definition) is 7. The number of benzene rings is 2. The molecule has 0 aliphatic heterocycles. The minimum absolute atomic E-state index is 0.118. The summed E-state index contributed by atoms with van der Waals surface area (Å²) in [5, 5.41) is 20.5. The lowest BCUT2D eigenvalue weighted by Gasteiger charge is -2.19. The third-order valence-corrected chi connectivity index (χ3v) is 8.39. The van der Waals surface area contributed by atoms with E-state index in [0.29, 0.717) is 24.2 Å². The van der Waals surface area contributed by atoms with Gasteiger partial charge in [0.2, 0.25) is 5.03 Å². The number of nitrogens with zero attached hydrogens (tertiary/aromatic N) is 1. The Bertz CT molecular complexity index is 1660. The summed E-state index contributed by atoms with van der Waals surface area (Å²) in [7, 11) is -4.15. The zero-order chi connectivity index (χ0) is 27.6. The maximum absolute atomic E-state index is 13.2. The molecule has 2 aromatic carbocycles. The van der Waals surface area contributed by atoms with Crippen LogP contribution in [0.1, 0.15) is 53.7 Å². The topological polar surface area (TPSA) is 130 Å². The predicted octanol–water partition coefficient (Wildman–Crippen LogP) is 5.14. The standard InChI is InChI=1S/C30H30N2O6S/c1-2-19-7-3-4-8-20(19)14-15-24-18-26(34)28(30(35)38-24)27(21-12-13-21)22-9-5-10-23(17-22)32-39(36,37)29-25(33)11-6-16-31-29/h3-11,16-18,21,27,32-34H,2,12-15H2,1H3. The van der Waals surface area contributed by atoms with Gasteiger partial charge >= 0.3 is 5.63 Å². The van der Waals surface area contributed by atoms with E-state index in [0.717, 1.165) is 19.3 Å². The molecule has 5 rings (SSSR count). The molecular weight excluding hydrogens is 516 g/mol. The molecule has 4 aromatic rings. The number of aryl methyl sites for hydroxylation is 3. The highest BCUT2D eigenvalue weighted by atomic mass is 32.2. The first-order valence-corrected chi connectivity index (χ1v) is 14.4. The molecule has 3 N–H and O–H groups in total. The van der Waals surface area contributed by atoms with Crippen LogP contribution in [-0.4, -0.2) is 23.6 Å². The Morgan fingerprint density at radius 1 is 0.974 bits per heavy atom. The minimum atomic E-state index is -4.15. The Morgan fingerprint density at radius 3 is 2.44 bits per heavy atom. The summed E-state index contributed by atoms with van der Waals surface area (Å²) in [6.45, 7) is 2.10. The van der Waals surface area contributed by atoms with Crippen molar-refractivity contribution in [2.24, 2.45) is 5.92 Å². The summed E-state index contributed by atoms with van der Waals surface area (Å²) in [6, 6.07) is 19.0. The maximum atomic E-state index is 13.2. The smallest absolute Gasteiger partial charge is 0.343 e. The number of pyridine rings is 1. The highest BCUT2D eigenvalue weighted by Crippen LogP contribution is 2.48. The summed E-state index contributed by atoms with van der Waals surface area (Å²) >= 11 is 0. The molecule has 39 heavy (non-hydrogen) atoms. The monoisotopic (exact) mass is 546 g/mol. The average Bonchev–Trinajstić information content (AvgIpc) is 3.75. The lowest BCUT2D eigenvalue weighted by molar-refractivity contribution is 0.403. The number of aromatic hydroxyl groups is 2. The van der Waals surface area contributed by atoms with Gasteiger partial charge in [-0.1, -0.05) is 43.3 Å². The molecule has 2 heterocycles. The molecule has 2 aromatic heterocycles. The van der Waals surface area contributed by atoms with Gasteiger partial charge in [0.15, 0.2) is 5.75 Å². The fourth-order valence-corrected chi connectivity index (χ4v) is 6.12. The average molecular weight is 547 g/mol. The Balaban J connectivity index is 1.42. The second-order valence-corrected chi connectivity index (χ2v) is 11.4. The number of aromatic nitrogens is 1. The van der Waals surface area contributed by atoms with Crippen molar-refractivity contribution < 1.29 is 23.0 Å². The van der Waals surface area contributed by atoms with Crippen LogP contribution in [0.4, 0.5) is 5.69 Å². The van der Waals surface area contributed by atoms with Crippen molar-refractivity contribution in [2.75, 3.05) is 4.72 Å². The fourth-order valence-electron chi connectivity index (χ4n) is 5.04.